The maximum Gasteiger partial charge on any atom is 0.416 e. The Labute approximate surface area is 204 Å². The molecule has 0 N–H and O–H groups in total. The van der Waals surface area contributed by atoms with Gasteiger partial charge in [-0.05, 0) is 29.6 Å². The van der Waals surface area contributed by atoms with E-state index in [0.29, 0.717) is 56.0 Å². The van der Waals surface area contributed by atoms with Gasteiger partial charge in [0.1, 0.15) is 17.9 Å². The fraction of sp³-hybridized carbons (Fsp3) is 0.348. The monoisotopic (exact) mass is 504 g/mol. The van der Waals surface area contributed by atoms with Crippen molar-refractivity contribution in [3.8, 4) is 11.6 Å². The molecule has 1 fully saturated rings. The van der Waals surface area contributed by atoms with Crippen LogP contribution in [0.15, 0.2) is 47.0 Å². The summed E-state index contributed by atoms with van der Waals surface area (Å²) in [6.07, 6.45) is -3.00. The van der Waals surface area contributed by atoms with Crippen molar-refractivity contribution in [2.45, 2.75) is 12.7 Å². The molecule has 0 atom stereocenters. The highest BCUT2D eigenvalue weighted by molar-refractivity contribution is 7.10. The van der Waals surface area contributed by atoms with Crippen molar-refractivity contribution in [2.24, 2.45) is 4.99 Å². The molecule has 12 heteroatoms. The molecule has 0 amide bonds. The van der Waals surface area contributed by atoms with Crippen molar-refractivity contribution in [1.82, 2.24) is 14.9 Å². The summed E-state index contributed by atoms with van der Waals surface area (Å²) >= 11 is 1.53. The molecular weight excluding hydrogens is 481 g/mol. The van der Waals surface area contributed by atoms with Gasteiger partial charge in [-0.1, -0.05) is 0 Å². The molecular formula is C23H23F3N6O2S. The number of nitrogens with zero attached hydrogens (tertiary/aromatic N) is 6. The Morgan fingerprint density at radius 1 is 0.943 bits per heavy atom. The van der Waals surface area contributed by atoms with Crippen LogP contribution in [0, 0.1) is 0 Å². The van der Waals surface area contributed by atoms with Gasteiger partial charge in [-0.15, -0.1) is 11.3 Å². The number of benzene rings is 1. The molecule has 184 valence electrons. The largest absolute Gasteiger partial charge is 0.495 e. The normalized spacial score (nSPS) is 16.1. The van der Waals surface area contributed by atoms with E-state index < -0.39 is 11.7 Å². The maximum absolute atomic E-state index is 13.5. The van der Waals surface area contributed by atoms with Crippen molar-refractivity contribution in [2.75, 3.05) is 50.2 Å². The average molecular weight is 505 g/mol. The van der Waals surface area contributed by atoms with Gasteiger partial charge in [-0.25, -0.2) is 15.0 Å². The predicted octanol–water partition coefficient (Wildman–Crippen LogP) is 4.40. The van der Waals surface area contributed by atoms with E-state index in [9.17, 15) is 13.2 Å². The Bertz CT molecular complexity index is 1240. The topological polar surface area (TPSA) is 66.3 Å². The first-order chi connectivity index (χ1) is 16.9. The molecule has 0 unspecified atom stereocenters. The standard InChI is InChI=1S/C23H23F3N6O2S/c1-33-18-4-3-15(23(24,25)26)11-17(18)32-13-19-16(5-10-35-19)29-22(32)31-8-6-30(7-9-31)20-12-21(34-2)28-14-27-20/h3-5,10-12,14H,6-9,13H2,1-2H3. The van der Waals surface area contributed by atoms with Crippen LogP contribution in [0.5, 0.6) is 11.6 Å². The molecule has 0 bridgehead atoms. The number of rotatable bonds is 4. The van der Waals surface area contributed by atoms with Gasteiger partial charge in [0.15, 0.2) is 0 Å². The predicted molar refractivity (Wildman–Crippen MR) is 128 cm³/mol. The fourth-order valence-corrected chi connectivity index (χ4v) is 5.00. The number of thiophene rings is 1. The van der Waals surface area contributed by atoms with Crippen LogP contribution >= 0.6 is 11.3 Å². The molecule has 0 spiro atoms. The Hall–Kier alpha value is -3.54. The molecule has 1 saturated heterocycles. The molecule has 2 aliphatic heterocycles. The number of halogens is 3. The van der Waals surface area contributed by atoms with E-state index >= 15 is 0 Å². The minimum atomic E-state index is -4.47. The van der Waals surface area contributed by atoms with Gasteiger partial charge >= 0.3 is 6.18 Å². The number of alkyl halides is 3. The zero-order valence-electron chi connectivity index (χ0n) is 19.1. The highest BCUT2D eigenvalue weighted by Gasteiger charge is 2.35. The van der Waals surface area contributed by atoms with Gasteiger partial charge in [-0.2, -0.15) is 13.2 Å². The quantitative estimate of drug-likeness (QED) is 0.522. The van der Waals surface area contributed by atoms with Crippen molar-refractivity contribution >= 4 is 34.5 Å². The van der Waals surface area contributed by atoms with Crippen molar-refractivity contribution < 1.29 is 22.6 Å². The van der Waals surface area contributed by atoms with Gasteiger partial charge in [0.2, 0.25) is 11.8 Å². The van der Waals surface area contributed by atoms with Crippen LogP contribution in [0.4, 0.5) is 30.4 Å². The molecule has 4 heterocycles. The van der Waals surface area contributed by atoms with Gasteiger partial charge in [0, 0.05) is 32.2 Å². The molecule has 35 heavy (non-hydrogen) atoms. The number of ether oxygens (including phenoxy) is 2. The first-order valence-electron chi connectivity index (χ1n) is 10.9. The van der Waals surface area contributed by atoms with E-state index in [1.165, 1.54) is 30.8 Å². The molecule has 8 nitrogen and oxygen atoms in total. The van der Waals surface area contributed by atoms with Gasteiger partial charge < -0.3 is 24.2 Å². The SMILES string of the molecule is COc1cc(N2CCN(C3=Nc4ccsc4CN3c3cc(C(F)(F)F)ccc3OC)CC2)ncn1. The Morgan fingerprint density at radius 3 is 2.43 bits per heavy atom. The molecule has 0 aliphatic carbocycles. The fourth-order valence-electron chi connectivity index (χ4n) is 4.20. The number of methoxy groups -OCH3 is 2. The third kappa shape index (κ3) is 4.57. The smallest absolute Gasteiger partial charge is 0.416 e. The second-order valence-corrected chi connectivity index (χ2v) is 9.00. The van der Waals surface area contributed by atoms with E-state index in [0.717, 1.165) is 28.5 Å². The minimum Gasteiger partial charge on any atom is -0.495 e. The van der Waals surface area contributed by atoms with Crippen LogP contribution in [0.25, 0.3) is 0 Å². The summed E-state index contributed by atoms with van der Waals surface area (Å²) < 4.78 is 51.3. The van der Waals surface area contributed by atoms with E-state index in [1.807, 2.05) is 16.3 Å². The van der Waals surface area contributed by atoms with Crippen LogP contribution < -0.4 is 19.3 Å². The minimum absolute atomic E-state index is 0.336. The Morgan fingerprint density at radius 2 is 1.71 bits per heavy atom. The van der Waals surface area contributed by atoms with Crippen molar-refractivity contribution in [1.29, 1.82) is 0 Å². The zero-order chi connectivity index (χ0) is 24.6. The number of piperazine rings is 1. The van der Waals surface area contributed by atoms with Crippen LogP contribution in [-0.4, -0.2) is 61.2 Å². The number of aliphatic imine (C=N–C) groups is 1. The second-order valence-electron chi connectivity index (χ2n) is 8.00. The highest BCUT2D eigenvalue weighted by Crippen LogP contribution is 2.41. The number of aromatic nitrogens is 2. The lowest BCUT2D eigenvalue weighted by Crippen LogP contribution is -2.54. The number of fused-ring (bicyclic) bond motifs is 1. The number of hydrogen-bond donors (Lipinski definition) is 0. The lowest BCUT2D eigenvalue weighted by molar-refractivity contribution is -0.137. The van der Waals surface area contributed by atoms with Gasteiger partial charge in [0.25, 0.3) is 0 Å². The summed E-state index contributed by atoms with van der Waals surface area (Å²) in [7, 11) is 3.01. The first kappa shape index (κ1) is 23.2. The molecule has 5 rings (SSSR count). The zero-order valence-corrected chi connectivity index (χ0v) is 19.9. The molecule has 0 saturated carbocycles. The summed E-state index contributed by atoms with van der Waals surface area (Å²) in [5, 5.41) is 1.94. The van der Waals surface area contributed by atoms with E-state index in [2.05, 4.69) is 19.8 Å². The van der Waals surface area contributed by atoms with Crippen LogP contribution in [0.3, 0.4) is 0 Å². The van der Waals surface area contributed by atoms with E-state index in [1.54, 1.807) is 13.2 Å². The van der Waals surface area contributed by atoms with Gasteiger partial charge in [0.05, 0.1) is 42.6 Å². The second kappa shape index (κ2) is 9.25. The molecule has 2 aliphatic rings. The number of guanidine groups is 1. The van der Waals surface area contributed by atoms with Crippen molar-refractivity contribution in [3.05, 3.63) is 52.5 Å². The summed E-state index contributed by atoms with van der Waals surface area (Å²) in [6.45, 7) is 2.95. The van der Waals surface area contributed by atoms with E-state index in [4.69, 9.17) is 14.5 Å². The number of hydrogen-bond acceptors (Lipinski definition) is 9. The summed E-state index contributed by atoms with van der Waals surface area (Å²) in [5.41, 5.74) is 0.449. The van der Waals surface area contributed by atoms with Crippen LogP contribution in [-0.2, 0) is 12.7 Å². The summed E-state index contributed by atoms with van der Waals surface area (Å²) in [5.74, 6) is 2.21. The molecule has 0 radical (unpaired) electrons. The average Bonchev–Trinajstić information content (AvgIpc) is 3.35. The highest BCUT2D eigenvalue weighted by atomic mass is 32.1. The Balaban J connectivity index is 1.45. The van der Waals surface area contributed by atoms with E-state index in [-0.39, 0.29) is 0 Å². The molecule has 2 aromatic heterocycles. The van der Waals surface area contributed by atoms with Crippen LogP contribution in [0.1, 0.15) is 10.4 Å². The maximum atomic E-state index is 13.5. The van der Waals surface area contributed by atoms with Gasteiger partial charge in [-0.3, -0.25) is 0 Å². The summed E-state index contributed by atoms with van der Waals surface area (Å²) in [4.78, 5) is 20.3. The third-order valence-corrected chi connectivity index (χ3v) is 6.90. The third-order valence-electron chi connectivity index (χ3n) is 6.01. The molecule has 1 aromatic carbocycles. The number of anilines is 2. The van der Waals surface area contributed by atoms with Crippen LogP contribution in [0.2, 0.25) is 0 Å². The molecule has 3 aromatic rings. The first-order valence-corrected chi connectivity index (χ1v) is 11.8. The summed E-state index contributed by atoms with van der Waals surface area (Å²) in [6, 6.07) is 7.25. The van der Waals surface area contributed by atoms with Crippen molar-refractivity contribution in [3.63, 3.8) is 0 Å². The lowest BCUT2D eigenvalue weighted by atomic mass is 10.1. The Kier molecular flexibility index (Phi) is 6.13. The lowest BCUT2D eigenvalue weighted by Gasteiger charge is -2.41.